The van der Waals surface area contributed by atoms with E-state index in [0.717, 1.165) is 17.4 Å². The van der Waals surface area contributed by atoms with Gasteiger partial charge in [0.2, 0.25) is 0 Å². The zero-order chi connectivity index (χ0) is 14.1. The molecule has 1 N–H and O–H groups in total. The molecule has 0 fully saturated rings. The van der Waals surface area contributed by atoms with Crippen molar-refractivity contribution in [3.8, 4) is 0 Å². The van der Waals surface area contributed by atoms with Crippen LogP contribution in [0.5, 0.6) is 0 Å². The van der Waals surface area contributed by atoms with Crippen LogP contribution < -0.4 is 0 Å². The Bertz CT molecular complexity index is 630. The summed E-state index contributed by atoms with van der Waals surface area (Å²) in [5.41, 5.74) is 1.47. The summed E-state index contributed by atoms with van der Waals surface area (Å²) >= 11 is 1.71. The average molecular weight is 292 g/mol. The van der Waals surface area contributed by atoms with Gasteiger partial charge in [-0.3, -0.25) is 0 Å². The van der Waals surface area contributed by atoms with Crippen LogP contribution in [0.4, 0.5) is 8.78 Å². The van der Waals surface area contributed by atoms with Crippen molar-refractivity contribution in [2.45, 2.75) is 23.3 Å². The molecule has 2 unspecified atom stereocenters. The molecule has 0 amide bonds. The predicted molar refractivity (Wildman–Crippen MR) is 76.0 cm³/mol. The highest BCUT2D eigenvalue weighted by Crippen LogP contribution is 2.41. The Labute approximate surface area is 120 Å². The second-order valence-electron chi connectivity index (χ2n) is 4.96. The van der Waals surface area contributed by atoms with Gasteiger partial charge in [-0.25, -0.2) is 8.78 Å². The van der Waals surface area contributed by atoms with Crippen LogP contribution in [-0.2, 0) is 6.42 Å². The molecular formula is C16H14F2OS. The Hall–Kier alpha value is -1.39. The van der Waals surface area contributed by atoms with E-state index >= 15 is 0 Å². The third-order valence-electron chi connectivity index (χ3n) is 3.65. The first-order valence-corrected chi connectivity index (χ1v) is 7.47. The maximum Gasteiger partial charge on any atom is 0.129 e. The number of fused-ring (bicyclic) bond motifs is 1. The summed E-state index contributed by atoms with van der Waals surface area (Å²) in [6.45, 7) is 0. The van der Waals surface area contributed by atoms with Crippen molar-refractivity contribution in [3.63, 3.8) is 0 Å². The molecule has 2 aromatic rings. The first-order chi connectivity index (χ1) is 9.65. The molecule has 1 nitrogen and oxygen atoms in total. The van der Waals surface area contributed by atoms with Crippen molar-refractivity contribution in [2.75, 3.05) is 5.75 Å². The van der Waals surface area contributed by atoms with Crippen molar-refractivity contribution >= 4 is 11.8 Å². The molecule has 0 aliphatic carbocycles. The molecule has 3 rings (SSSR count). The molecule has 104 valence electrons. The van der Waals surface area contributed by atoms with E-state index in [1.807, 2.05) is 24.3 Å². The van der Waals surface area contributed by atoms with Gasteiger partial charge in [0.15, 0.2) is 0 Å². The molecule has 0 saturated carbocycles. The molecule has 0 saturated heterocycles. The summed E-state index contributed by atoms with van der Waals surface area (Å²) in [6.07, 6.45) is -0.461. The smallest absolute Gasteiger partial charge is 0.129 e. The Morgan fingerprint density at radius 2 is 2.00 bits per heavy atom. The molecule has 1 heterocycles. The lowest BCUT2D eigenvalue weighted by atomic mass is 9.91. The lowest BCUT2D eigenvalue weighted by molar-refractivity contribution is 0.150. The first-order valence-electron chi connectivity index (χ1n) is 6.49. The second-order valence-corrected chi connectivity index (χ2v) is 6.02. The van der Waals surface area contributed by atoms with Crippen molar-refractivity contribution < 1.29 is 13.9 Å². The van der Waals surface area contributed by atoms with Crippen LogP contribution >= 0.6 is 11.8 Å². The fourth-order valence-electron chi connectivity index (χ4n) is 2.56. The zero-order valence-electron chi connectivity index (χ0n) is 10.7. The maximum absolute atomic E-state index is 13.6. The predicted octanol–water partition coefficient (Wildman–Crippen LogP) is 3.76. The van der Waals surface area contributed by atoms with Crippen molar-refractivity contribution in [1.82, 2.24) is 0 Å². The number of aliphatic hydroxyl groups excluding tert-OH is 1. The number of aliphatic hydroxyl groups is 1. The van der Waals surface area contributed by atoms with Gasteiger partial charge in [0, 0.05) is 29.1 Å². The van der Waals surface area contributed by atoms with Gasteiger partial charge in [0.05, 0.1) is 6.10 Å². The van der Waals surface area contributed by atoms with Gasteiger partial charge in [-0.15, -0.1) is 11.8 Å². The van der Waals surface area contributed by atoms with Crippen LogP contribution in [-0.4, -0.2) is 17.0 Å². The standard InChI is InChI=1S/C16H14F2OS/c17-11-6-5-10(14(18)8-11)7-15(19)13-9-20-16-4-2-1-3-12(13)16/h1-6,8,13,15,19H,7,9H2. The molecule has 1 aliphatic heterocycles. The minimum atomic E-state index is -0.661. The van der Waals surface area contributed by atoms with Gasteiger partial charge in [0.25, 0.3) is 0 Å². The van der Waals surface area contributed by atoms with E-state index < -0.39 is 17.7 Å². The summed E-state index contributed by atoms with van der Waals surface area (Å²) in [7, 11) is 0. The topological polar surface area (TPSA) is 20.2 Å². The maximum atomic E-state index is 13.6. The molecular weight excluding hydrogens is 278 g/mol. The third-order valence-corrected chi connectivity index (χ3v) is 4.85. The van der Waals surface area contributed by atoms with E-state index in [0.29, 0.717) is 5.56 Å². The van der Waals surface area contributed by atoms with Gasteiger partial charge in [0.1, 0.15) is 11.6 Å². The fraction of sp³-hybridized carbons (Fsp3) is 0.250. The summed E-state index contributed by atoms with van der Waals surface area (Å²) < 4.78 is 26.5. The summed E-state index contributed by atoms with van der Waals surface area (Å²) in [4.78, 5) is 1.18. The van der Waals surface area contributed by atoms with Crippen molar-refractivity contribution in [3.05, 3.63) is 65.2 Å². The minimum Gasteiger partial charge on any atom is -0.392 e. The summed E-state index contributed by atoms with van der Waals surface area (Å²) in [6, 6.07) is 11.4. The summed E-state index contributed by atoms with van der Waals surface area (Å²) in [5, 5.41) is 10.4. The Kier molecular flexibility index (Phi) is 3.76. The van der Waals surface area contributed by atoms with Crippen LogP contribution in [0.3, 0.4) is 0 Å². The minimum absolute atomic E-state index is 0.000605. The zero-order valence-corrected chi connectivity index (χ0v) is 11.5. The molecule has 0 aromatic heterocycles. The molecule has 0 spiro atoms. The molecule has 20 heavy (non-hydrogen) atoms. The Morgan fingerprint density at radius 1 is 1.20 bits per heavy atom. The van der Waals surface area contributed by atoms with Gasteiger partial charge >= 0.3 is 0 Å². The largest absolute Gasteiger partial charge is 0.392 e. The fourth-order valence-corrected chi connectivity index (χ4v) is 3.88. The van der Waals surface area contributed by atoms with E-state index in [-0.39, 0.29) is 12.3 Å². The summed E-state index contributed by atoms with van der Waals surface area (Å²) in [5.74, 6) is -0.394. The molecule has 2 aromatic carbocycles. The SMILES string of the molecule is OC(Cc1ccc(F)cc1F)C1CSc2ccccc21. The quantitative estimate of drug-likeness (QED) is 0.929. The van der Waals surface area contributed by atoms with E-state index in [9.17, 15) is 13.9 Å². The monoisotopic (exact) mass is 292 g/mol. The number of hydrogen-bond donors (Lipinski definition) is 1. The number of benzene rings is 2. The van der Waals surface area contributed by atoms with Gasteiger partial charge in [-0.2, -0.15) is 0 Å². The van der Waals surface area contributed by atoms with Crippen LogP contribution in [0.15, 0.2) is 47.4 Å². The number of thioether (sulfide) groups is 1. The van der Waals surface area contributed by atoms with E-state index in [1.54, 1.807) is 11.8 Å². The van der Waals surface area contributed by atoms with E-state index in [1.165, 1.54) is 17.0 Å². The highest BCUT2D eigenvalue weighted by atomic mass is 32.2. The number of hydrogen-bond acceptors (Lipinski definition) is 2. The third kappa shape index (κ3) is 2.58. The Balaban J connectivity index is 1.79. The molecule has 0 bridgehead atoms. The average Bonchev–Trinajstić information content (AvgIpc) is 2.86. The molecule has 0 radical (unpaired) electrons. The number of halogens is 2. The molecule has 4 heteroatoms. The Morgan fingerprint density at radius 3 is 2.80 bits per heavy atom. The van der Waals surface area contributed by atoms with Gasteiger partial charge in [-0.05, 0) is 23.3 Å². The lowest BCUT2D eigenvalue weighted by Crippen LogP contribution is -2.21. The highest BCUT2D eigenvalue weighted by molar-refractivity contribution is 7.99. The van der Waals surface area contributed by atoms with Crippen LogP contribution in [0.25, 0.3) is 0 Å². The van der Waals surface area contributed by atoms with Crippen molar-refractivity contribution in [1.29, 1.82) is 0 Å². The van der Waals surface area contributed by atoms with Crippen molar-refractivity contribution in [2.24, 2.45) is 0 Å². The first kappa shape index (κ1) is 13.6. The van der Waals surface area contributed by atoms with E-state index in [2.05, 4.69) is 0 Å². The van der Waals surface area contributed by atoms with Crippen LogP contribution in [0.2, 0.25) is 0 Å². The van der Waals surface area contributed by atoms with E-state index in [4.69, 9.17) is 0 Å². The number of rotatable bonds is 3. The highest BCUT2D eigenvalue weighted by Gasteiger charge is 2.29. The van der Waals surface area contributed by atoms with Crippen LogP contribution in [0.1, 0.15) is 17.0 Å². The lowest BCUT2D eigenvalue weighted by Gasteiger charge is -2.19. The molecule has 2 atom stereocenters. The van der Waals surface area contributed by atoms with Gasteiger partial charge in [-0.1, -0.05) is 24.3 Å². The molecule has 1 aliphatic rings. The normalized spacial score (nSPS) is 18.9. The second kappa shape index (κ2) is 5.54. The van der Waals surface area contributed by atoms with Gasteiger partial charge < -0.3 is 5.11 Å². The van der Waals surface area contributed by atoms with Crippen LogP contribution in [0, 0.1) is 11.6 Å².